The molecule has 8 nitrogen and oxygen atoms in total. The lowest BCUT2D eigenvalue weighted by Crippen LogP contribution is -2.17. The number of rotatable bonds is 8. The summed E-state index contributed by atoms with van der Waals surface area (Å²) in [6.45, 7) is 0.944. The van der Waals surface area contributed by atoms with E-state index in [0.29, 0.717) is 41.2 Å². The van der Waals surface area contributed by atoms with Gasteiger partial charge in [0.2, 0.25) is 0 Å². The molecule has 0 aromatic heterocycles. The summed E-state index contributed by atoms with van der Waals surface area (Å²) < 4.78 is 49.4. The van der Waals surface area contributed by atoms with Crippen molar-refractivity contribution in [3.63, 3.8) is 0 Å². The van der Waals surface area contributed by atoms with Gasteiger partial charge in [0.1, 0.15) is 32.2 Å². The maximum atomic E-state index is 12.7. The van der Waals surface area contributed by atoms with Crippen LogP contribution in [0.4, 0.5) is 5.69 Å². The van der Waals surface area contributed by atoms with E-state index in [-0.39, 0.29) is 23.7 Å². The largest absolute Gasteiger partial charge is 0.488 e. The van der Waals surface area contributed by atoms with E-state index < -0.39 is 16.0 Å². The topological polar surface area (TPSA) is 100 Å². The summed E-state index contributed by atoms with van der Waals surface area (Å²) in [5.41, 5.74) is 0.568. The number of nitrogens with one attached hydrogen (secondary N) is 1. The third-order valence-corrected chi connectivity index (χ3v) is 6.30. The predicted molar refractivity (Wildman–Crippen MR) is 122 cm³/mol. The van der Waals surface area contributed by atoms with Crippen LogP contribution < -0.4 is 18.9 Å². The van der Waals surface area contributed by atoms with E-state index in [1.54, 1.807) is 30.3 Å². The zero-order valence-corrected chi connectivity index (χ0v) is 18.9. The first-order chi connectivity index (χ1) is 15.9. The number of hydrogen-bond donors (Lipinski definition) is 1. The molecule has 0 spiro atoms. The Labute approximate surface area is 196 Å². The standard InChI is InChI=1S/C23H20ClNO7S/c24-19-3-1-2-4-20(19)29-13-14-32-23(26)16-5-7-17(8-6-16)25-33(27,28)18-9-10-21-22(15-18)31-12-11-30-21/h1-10,15,25H,11-14H2. The Morgan fingerprint density at radius 1 is 0.939 bits per heavy atom. The quantitative estimate of drug-likeness (QED) is 0.375. The minimum Gasteiger partial charge on any atom is -0.488 e. The van der Waals surface area contributed by atoms with E-state index in [9.17, 15) is 13.2 Å². The molecule has 0 aliphatic carbocycles. The maximum absolute atomic E-state index is 12.7. The molecule has 0 atom stereocenters. The Bertz CT molecular complexity index is 1250. The van der Waals surface area contributed by atoms with Crippen LogP contribution in [0, 0.1) is 0 Å². The van der Waals surface area contributed by atoms with Crippen LogP contribution in [0.15, 0.2) is 71.6 Å². The molecular formula is C23H20ClNO7S. The van der Waals surface area contributed by atoms with Gasteiger partial charge in [-0.05, 0) is 48.5 Å². The summed E-state index contributed by atoms with van der Waals surface area (Å²) in [5.74, 6) is 0.824. The Hall–Kier alpha value is -3.43. The van der Waals surface area contributed by atoms with Crippen LogP contribution in [0.1, 0.15) is 10.4 Å². The van der Waals surface area contributed by atoms with E-state index in [2.05, 4.69) is 4.72 Å². The number of carbonyl (C=O) groups excluding carboxylic acids is 1. The van der Waals surface area contributed by atoms with Gasteiger partial charge >= 0.3 is 5.97 Å². The van der Waals surface area contributed by atoms with Crippen molar-refractivity contribution in [2.75, 3.05) is 31.1 Å². The lowest BCUT2D eigenvalue weighted by atomic mass is 10.2. The molecule has 172 valence electrons. The Morgan fingerprint density at radius 3 is 2.42 bits per heavy atom. The Balaban J connectivity index is 1.32. The lowest BCUT2D eigenvalue weighted by molar-refractivity contribution is 0.0450. The van der Waals surface area contributed by atoms with Gasteiger partial charge in [-0.25, -0.2) is 13.2 Å². The van der Waals surface area contributed by atoms with Crippen LogP contribution in [0.25, 0.3) is 0 Å². The number of para-hydroxylation sites is 1. The van der Waals surface area contributed by atoms with Crippen molar-refractivity contribution in [1.82, 2.24) is 0 Å². The zero-order valence-electron chi connectivity index (χ0n) is 17.3. The fraction of sp³-hybridized carbons (Fsp3) is 0.174. The van der Waals surface area contributed by atoms with E-state index in [1.807, 2.05) is 0 Å². The van der Waals surface area contributed by atoms with Crippen LogP contribution in [-0.2, 0) is 14.8 Å². The van der Waals surface area contributed by atoms with E-state index in [1.165, 1.54) is 36.4 Å². The molecule has 3 aromatic carbocycles. The molecule has 1 aliphatic heterocycles. The van der Waals surface area contributed by atoms with E-state index >= 15 is 0 Å². The zero-order chi connectivity index (χ0) is 23.3. The lowest BCUT2D eigenvalue weighted by Gasteiger charge is -2.19. The van der Waals surface area contributed by atoms with Crippen molar-refractivity contribution in [2.24, 2.45) is 0 Å². The normalized spacial score (nSPS) is 12.6. The highest BCUT2D eigenvalue weighted by molar-refractivity contribution is 7.92. The average molecular weight is 490 g/mol. The molecule has 0 bridgehead atoms. The summed E-state index contributed by atoms with van der Waals surface area (Å²) >= 11 is 6.00. The van der Waals surface area contributed by atoms with Gasteiger partial charge in [0.15, 0.2) is 11.5 Å². The molecule has 1 heterocycles. The first-order valence-corrected chi connectivity index (χ1v) is 11.9. The fourth-order valence-corrected chi connectivity index (χ4v) is 4.27. The molecule has 0 amide bonds. The SMILES string of the molecule is O=C(OCCOc1ccccc1Cl)c1ccc(NS(=O)(=O)c2ccc3c(c2)OCCO3)cc1. The van der Waals surface area contributed by atoms with Gasteiger partial charge < -0.3 is 18.9 Å². The summed E-state index contributed by atoms with van der Waals surface area (Å²) in [4.78, 5) is 12.2. The Morgan fingerprint density at radius 2 is 1.67 bits per heavy atom. The van der Waals surface area contributed by atoms with Crippen molar-refractivity contribution in [1.29, 1.82) is 0 Å². The van der Waals surface area contributed by atoms with Crippen molar-refractivity contribution in [2.45, 2.75) is 4.90 Å². The van der Waals surface area contributed by atoms with Crippen molar-refractivity contribution >= 4 is 33.3 Å². The van der Waals surface area contributed by atoms with Gasteiger partial charge in [0.05, 0.1) is 15.5 Å². The van der Waals surface area contributed by atoms with Crippen molar-refractivity contribution in [3.8, 4) is 17.2 Å². The van der Waals surface area contributed by atoms with Gasteiger partial charge in [0.25, 0.3) is 10.0 Å². The molecule has 1 aliphatic rings. The summed E-state index contributed by atoms with van der Waals surface area (Å²) in [6.07, 6.45) is 0. The molecule has 0 unspecified atom stereocenters. The number of esters is 1. The fourth-order valence-electron chi connectivity index (χ4n) is 3.01. The van der Waals surface area contributed by atoms with Gasteiger partial charge in [0, 0.05) is 11.8 Å². The minimum absolute atomic E-state index is 0.0303. The minimum atomic E-state index is -3.86. The third-order valence-electron chi connectivity index (χ3n) is 4.61. The second-order valence-electron chi connectivity index (χ2n) is 6.90. The molecule has 0 saturated carbocycles. The monoisotopic (exact) mass is 489 g/mol. The molecule has 0 saturated heterocycles. The predicted octanol–water partition coefficient (Wildman–Crippen LogP) is 4.15. The smallest absolute Gasteiger partial charge is 0.338 e. The number of carbonyl (C=O) groups is 1. The molecule has 0 radical (unpaired) electrons. The number of sulfonamides is 1. The van der Waals surface area contributed by atoms with Crippen LogP contribution >= 0.6 is 11.6 Å². The average Bonchev–Trinajstić information content (AvgIpc) is 2.82. The first-order valence-electron chi connectivity index (χ1n) is 9.99. The highest BCUT2D eigenvalue weighted by atomic mass is 35.5. The molecule has 3 aromatic rings. The number of anilines is 1. The van der Waals surface area contributed by atoms with Gasteiger partial charge in [-0.2, -0.15) is 0 Å². The maximum Gasteiger partial charge on any atom is 0.338 e. The number of halogens is 1. The molecule has 4 rings (SSSR count). The van der Waals surface area contributed by atoms with E-state index in [4.69, 9.17) is 30.5 Å². The number of benzene rings is 3. The molecule has 0 fully saturated rings. The van der Waals surface area contributed by atoms with Gasteiger partial charge in [-0.1, -0.05) is 23.7 Å². The number of fused-ring (bicyclic) bond motifs is 1. The van der Waals surface area contributed by atoms with Crippen LogP contribution in [0.3, 0.4) is 0 Å². The third kappa shape index (κ3) is 5.68. The van der Waals surface area contributed by atoms with E-state index in [0.717, 1.165) is 0 Å². The molecule has 1 N–H and O–H groups in total. The van der Waals surface area contributed by atoms with Crippen LogP contribution in [0.2, 0.25) is 5.02 Å². The summed E-state index contributed by atoms with van der Waals surface area (Å²) in [5, 5.41) is 0.470. The van der Waals surface area contributed by atoms with Gasteiger partial charge in [-0.3, -0.25) is 4.72 Å². The van der Waals surface area contributed by atoms with Gasteiger partial charge in [-0.15, -0.1) is 0 Å². The second kappa shape index (κ2) is 10.0. The number of hydrogen-bond acceptors (Lipinski definition) is 7. The highest BCUT2D eigenvalue weighted by Crippen LogP contribution is 2.32. The molecule has 10 heteroatoms. The summed E-state index contributed by atoms with van der Waals surface area (Å²) in [7, 11) is -3.86. The van der Waals surface area contributed by atoms with Crippen LogP contribution in [0.5, 0.6) is 17.2 Å². The molecular weight excluding hydrogens is 470 g/mol. The molecule has 33 heavy (non-hydrogen) atoms. The Kier molecular flexibility index (Phi) is 6.90. The van der Waals surface area contributed by atoms with Crippen molar-refractivity contribution in [3.05, 3.63) is 77.3 Å². The highest BCUT2D eigenvalue weighted by Gasteiger charge is 2.20. The first kappa shape index (κ1) is 22.8. The summed E-state index contributed by atoms with van der Waals surface area (Å²) in [6, 6.07) is 17.3. The van der Waals surface area contributed by atoms with Crippen LogP contribution in [-0.4, -0.2) is 40.8 Å². The second-order valence-corrected chi connectivity index (χ2v) is 8.99. The van der Waals surface area contributed by atoms with Crippen molar-refractivity contribution < 1.29 is 32.2 Å². The number of ether oxygens (including phenoxy) is 4.